The Balaban J connectivity index is 2.36. The van der Waals surface area contributed by atoms with Crippen molar-refractivity contribution in [1.29, 1.82) is 0 Å². The summed E-state index contributed by atoms with van der Waals surface area (Å²) in [6.07, 6.45) is 2.00. The molecule has 0 fully saturated rings. The number of imidazole rings is 1. The van der Waals surface area contributed by atoms with Gasteiger partial charge < -0.3 is 15.5 Å². The molecule has 2 aromatic rings. The van der Waals surface area contributed by atoms with Crippen molar-refractivity contribution in [2.75, 3.05) is 7.11 Å². The predicted molar refractivity (Wildman–Crippen MR) is 67.8 cm³/mol. The minimum absolute atomic E-state index is 0.0588. The van der Waals surface area contributed by atoms with Gasteiger partial charge in [-0.05, 0) is 13.0 Å². The molecule has 1 heterocycles. The van der Waals surface area contributed by atoms with Crippen LogP contribution in [0.2, 0.25) is 0 Å². The molecule has 0 amide bonds. The lowest BCUT2D eigenvalue weighted by Gasteiger charge is -2.05. The third kappa shape index (κ3) is 2.90. The fraction of sp³-hybridized carbons (Fsp3) is 0.308. The molecule has 1 aromatic heterocycles. The number of methoxy groups -OCH3 is 1. The van der Waals surface area contributed by atoms with Gasteiger partial charge in [0.2, 0.25) is 0 Å². The lowest BCUT2D eigenvalue weighted by atomic mass is 10.1. The number of hydrogen-bond donors (Lipinski definition) is 2. The summed E-state index contributed by atoms with van der Waals surface area (Å²) in [5.74, 6) is -0.686. The van der Waals surface area contributed by atoms with Crippen LogP contribution in [0.1, 0.15) is 12.7 Å². The predicted octanol–water partition coefficient (Wildman–Crippen LogP) is 2.25. The summed E-state index contributed by atoms with van der Waals surface area (Å²) >= 11 is 0. The van der Waals surface area contributed by atoms with Crippen LogP contribution >= 0.6 is 0 Å². The molecule has 1 aromatic carbocycles. The Kier molecular flexibility index (Phi) is 3.80. The number of hydrogen-bond acceptors (Lipinski definition) is 3. The van der Waals surface area contributed by atoms with Crippen molar-refractivity contribution in [3.63, 3.8) is 0 Å². The maximum Gasteiger partial charge on any atom is 0.165 e. The van der Waals surface area contributed by atoms with Gasteiger partial charge in [-0.25, -0.2) is 13.8 Å². The van der Waals surface area contributed by atoms with Crippen LogP contribution in [0.3, 0.4) is 0 Å². The van der Waals surface area contributed by atoms with Gasteiger partial charge in [0.15, 0.2) is 11.6 Å². The average Bonchev–Trinajstić information content (AvgIpc) is 2.79. The maximum absolute atomic E-state index is 13.9. The lowest BCUT2D eigenvalue weighted by molar-refractivity contribution is 0.383. The first-order valence-corrected chi connectivity index (χ1v) is 5.84. The molecule has 0 spiro atoms. The fourth-order valence-corrected chi connectivity index (χ4v) is 1.80. The summed E-state index contributed by atoms with van der Waals surface area (Å²) in [5, 5.41) is 0. The van der Waals surface area contributed by atoms with E-state index in [2.05, 4.69) is 9.97 Å². The zero-order valence-electron chi connectivity index (χ0n) is 10.7. The summed E-state index contributed by atoms with van der Waals surface area (Å²) in [6.45, 7) is 1.84. The molecular formula is C13H15F2N3O. The molecule has 0 bridgehead atoms. The molecule has 2 rings (SSSR count). The molecule has 0 saturated heterocycles. The van der Waals surface area contributed by atoms with Crippen molar-refractivity contribution >= 4 is 0 Å². The number of benzene rings is 1. The minimum atomic E-state index is -0.623. The number of H-pyrrole nitrogens is 1. The van der Waals surface area contributed by atoms with Gasteiger partial charge in [-0.2, -0.15) is 0 Å². The van der Waals surface area contributed by atoms with Crippen molar-refractivity contribution in [2.24, 2.45) is 5.73 Å². The number of nitrogens with two attached hydrogens (primary N) is 1. The summed E-state index contributed by atoms with van der Waals surface area (Å²) in [5.41, 5.74) is 6.18. The van der Waals surface area contributed by atoms with Gasteiger partial charge >= 0.3 is 0 Å². The molecule has 1 atom stereocenters. The number of rotatable bonds is 4. The Hall–Kier alpha value is -1.95. The number of halogens is 2. The molecule has 4 nitrogen and oxygen atoms in total. The zero-order valence-corrected chi connectivity index (χ0v) is 10.7. The SMILES string of the molecule is COc1cc(F)c(-c2cnc(CC(C)N)[nH]2)cc1F. The van der Waals surface area contributed by atoms with Gasteiger partial charge in [-0.1, -0.05) is 0 Å². The number of aromatic amines is 1. The summed E-state index contributed by atoms with van der Waals surface area (Å²) in [4.78, 5) is 7.02. The first-order chi connectivity index (χ1) is 9.01. The Labute approximate surface area is 109 Å². The average molecular weight is 267 g/mol. The van der Waals surface area contributed by atoms with E-state index < -0.39 is 11.6 Å². The van der Waals surface area contributed by atoms with E-state index in [9.17, 15) is 8.78 Å². The molecule has 0 radical (unpaired) electrons. The van der Waals surface area contributed by atoms with Gasteiger partial charge in [-0.3, -0.25) is 0 Å². The Morgan fingerprint density at radius 1 is 1.37 bits per heavy atom. The third-order valence-corrected chi connectivity index (χ3v) is 2.68. The summed E-state index contributed by atoms with van der Waals surface area (Å²) in [7, 11) is 1.29. The van der Waals surface area contributed by atoms with Crippen LogP contribution in [0.25, 0.3) is 11.3 Å². The second kappa shape index (κ2) is 5.36. The van der Waals surface area contributed by atoms with Crippen LogP contribution in [-0.4, -0.2) is 23.1 Å². The van der Waals surface area contributed by atoms with Crippen LogP contribution in [-0.2, 0) is 6.42 Å². The van der Waals surface area contributed by atoms with E-state index in [1.54, 1.807) is 0 Å². The van der Waals surface area contributed by atoms with Crippen molar-refractivity contribution < 1.29 is 13.5 Å². The van der Waals surface area contributed by atoms with Crippen LogP contribution in [0, 0.1) is 11.6 Å². The first-order valence-electron chi connectivity index (χ1n) is 5.84. The molecule has 3 N–H and O–H groups in total. The fourth-order valence-electron chi connectivity index (χ4n) is 1.80. The number of nitrogens with zero attached hydrogens (tertiary/aromatic N) is 1. The Bertz CT molecular complexity index is 581. The molecular weight excluding hydrogens is 252 g/mol. The third-order valence-electron chi connectivity index (χ3n) is 2.68. The molecule has 1 unspecified atom stereocenters. The largest absolute Gasteiger partial charge is 0.494 e. The van der Waals surface area contributed by atoms with E-state index in [1.165, 1.54) is 13.3 Å². The lowest BCUT2D eigenvalue weighted by Crippen LogP contribution is -2.18. The van der Waals surface area contributed by atoms with E-state index in [4.69, 9.17) is 10.5 Å². The molecule has 0 saturated carbocycles. The highest BCUT2D eigenvalue weighted by Gasteiger charge is 2.14. The minimum Gasteiger partial charge on any atom is -0.494 e. The highest BCUT2D eigenvalue weighted by molar-refractivity contribution is 5.61. The number of aromatic nitrogens is 2. The van der Waals surface area contributed by atoms with Crippen molar-refractivity contribution in [3.8, 4) is 17.0 Å². The zero-order chi connectivity index (χ0) is 14.0. The molecule has 6 heteroatoms. The highest BCUT2D eigenvalue weighted by atomic mass is 19.1. The second-order valence-corrected chi connectivity index (χ2v) is 4.39. The normalized spacial score (nSPS) is 12.5. The summed E-state index contributed by atoms with van der Waals surface area (Å²) in [6, 6.07) is 2.03. The van der Waals surface area contributed by atoms with Crippen molar-refractivity contribution in [1.82, 2.24) is 9.97 Å². The van der Waals surface area contributed by atoms with E-state index in [-0.39, 0.29) is 17.4 Å². The van der Waals surface area contributed by atoms with E-state index in [0.29, 0.717) is 17.9 Å². The van der Waals surface area contributed by atoms with Gasteiger partial charge in [0.05, 0.1) is 19.0 Å². The van der Waals surface area contributed by atoms with Gasteiger partial charge in [-0.15, -0.1) is 0 Å². The molecule has 102 valence electrons. The first kappa shape index (κ1) is 13.5. The van der Waals surface area contributed by atoms with Crippen LogP contribution in [0.15, 0.2) is 18.3 Å². The van der Waals surface area contributed by atoms with Gasteiger partial charge in [0.25, 0.3) is 0 Å². The summed E-state index contributed by atoms with van der Waals surface area (Å²) < 4.78 is 32.2. The number of nitrogens with one attached hydrogen (secondary N) is 1. The quantitative estimate of drug-likeness (QED) is 0.893. The molecule has 0 aliphatic carbocycles. The number of ether oxygens (including phenoxy) is 1. The van der Waals surface area contributed by atoms with Crippen LogP contribution < -0.4 is 10.5 Å². The standard InChI is InChI=1S/C13H15F2N3O/c1-7(16)3-13-17-6-11(18-13)8-4-10(15)12(19-2)5-9(8)14/h4-7H,3,16H2,1-2H3,(H,17,18). The van der Waals surface area contributed by atoms with E-state index in [0.717, 1.165) is 12.1 Å². The van der Waals surface area contributed by atoms with Crippen molar-refractivity contribution in [3.05, 3.63) is 35.8 Å². The van der Waals surface area contributed by atoms with Crippen molar-refractivity contribution in [2.45, 2.75) is 19.4 Å². The van der Waals surface area contributed by atoms with Crippen LogP contribution in [0.5, 0.6) is 5.75 Å². The second-order valence-electron chi connectivity index (χ2n) is 4.39. The highest BCUT2D eigenvalue weighted by Crippen LogP contribution is 2.27. The van der Waals surface area contributed by atoms with Crippen LogP contribution in [0.4, 0.5) is 8.78 Å². The Morgan fingerprint density at radius 2 is 2.11 bits per heavy atom. The molecule has 0 aliphatic rings. The Morgan fingerprint density at radius 3 is 2.74 bits per heavy atom. The smallest absolute Gasteiger partial charge is 0.165 e. The molecule has 0 aliphatic heterocycles. The van der Waals surface area contributed by atoms with Gasteiger partial charge in [0, 0.05) is 24.1 Å². The maximum atomic E-state index is 13.9. The van der Waals surface area contributed by atoms with Gasteiger partial charge in [0.1, 0.15) is 11.6 Å². The topological polar surface area (TPSA) is 63.9 Å². The molecule has 19 heavy (non-hydrogen) atoms. The van der Waals surface area contributed by atoms with E-state index in [1.807, 2.05) is 6.92 Å². The monoisotopic (exact) mass is 267 g/mol. The van der Waals surface area contributed by atoms with E-state index >= 15 is 0 Å².